The summed E-state index contributed by atoms with van der Waals surface area (Å²) < 4.78 is 12.3. The van der Waals surface area contributed by atoms with Crippen molar-refractivity contribution >= 4 is 17.5 Å². The van der Waals surface area contributed by atoms with Crippen LogP contribution < -0.4 is 5.32 Å². The second kappa shape index (κ2) is 9.36. The number of ether oxygens (including phenoxy) is 1. The highest BCUT2D eigenvalue weighted by atomic mass is 16.5. The standard InChI is InChI=1S/C21H23N5O4/c27-20(15-26-13-17(11-23-26)24-21(28)19-7-4-10-30-19)25(14-18-6-3-9-29-18)12-16-5-1-2-8-22-16/h1-2,4-5,7-8,10-11,13,18H,3,6,9,12,14-15H2,(H,24,28). The van der Waals surface area contributed by atoms with Crippen molar-refractivity contribution in [3.8, 4) is 0 Å². The van der Waals surface area contributed by atoms with Gasteiger partial charge >= 0.3 is 0 Å². The van der Waals surface area contributed by atoms with Crippen molar-refractivity contribution in [2.75, 3.05) is 18.5 Å². The van der Waals surface area contributed by atoms with Gasteiger partial charge in [0.05, 0.1) is 36.5 Å². The highest BCUT2D eigenvalue weighted by molar-refractivity contribution is 6.02. The fourth-order valence-electron chi connectivity index (χ4n) is 3.33. The van der Waals surface area contributed by atoms with Gasteiger partial charge in [-0.05, 0) is 37.1 Å². The zero-order valence-corrected chi connectivity index (χ0v) is 16.4. The van der Waals surface area contributed by atoms with Crippen LogP contribution in [0.15, 0.2) is 59.6 Å². The number of aromatic nitrogens is 3. The van der Waals surface area contributed by atoms with E-state index >= 15 is 0 Å². The molecule has 156 valence electrons. The molecule has 1 saturated heterocycles. The summed E-state index contributed by atoms with van der Waals surface area (Å²) in [6, 6.07) is 8.85. The molecular weight excluding hydrogens is 386 g/mol. The van der Waals surface area contributed by atoms with Crippen molar-refractivity contribution in [3.63, 3.8) is 0 Å². The number of carbonyl (C=O) groups excluding carboxylic acids is 2. The highest BCUT2D eigenvalue weighted by Crippen LogP contribution is 2.16. The number of pyridine rings is 1. The minimum absolute atomic E-state index is 0.0402. The molecule has 0 aromatic carbocycles. The summed E-state index contributed by atoms with van der Waals surface area (Å²) in [6.45, 7) is 1.70. The lowest BCUT2D eigenvalue weighted by Crippen LogP contribution is -2.39. The van der Waals surface area contributed by atoms with Crippen LogP contribution in [0.1, 0.15) is 29.1 Å². The van der Waals surface area contributed by atoms with Crippen molar-refractivity contribution in [2.45, 2.75) is 32.0 Å². The molecule has 1 unspecified atom stereocenters. The molecule has 4 rings (SSSR count). The monoisotopic (exact) mass is 409 g/mol. The van der Waals surface area contributed by atoms with E-state index in [4.69, 9.17) is 9.15 Å². The van der Waals surface area contributed by atoms with Gasteiger partial charge in [0.15, 0.2) is 5.76 Å². The molecule has 1 aliphatic heterocycles. The van der Waals surface area contributed by atoms with Crippen molar-refractivity contribution in [2.24, 2.45) is 0 Å². The van der Waals surface area contributed by atoms with Gasteiger partial charge in [-0.15, -0.1) is 0 Å². The largest absolute Gasteiger partial charge is 0.459 e. The zero-order chi connectivity index (χ0) is 20.8. The molecule has 1 aliphatic rings. The number of anilines is 1. The normalized spacial score (nSPS) is 15.8. The van der Waals surface area contributed by atoms with Crippen LogP contribution >= 0.6 is 0 Å². The lowest BCUT2D eigenvalue weighted by atomic mass is 10.2. The first-order chi connectivity index (χ1) is 14.7. The Hall–Kier alpha value is -3.46. The van der Waals surface area contributed by atoms with E-state index in [1.54, 1.807) is 29.4 Å². The van der Waals surface area contributed by atoms with Gasteiger partial charge in [0.25, 0.3) is 5.91 Å². The lowest BCUT2D eigenvalue weighted by Gasteiger charge is -2.25. The maximum Gasteiger partial charge on any atom is 0.291 e. The topological polar surface area (TPSA) is 102 Å². The fourth-order valence-corrected chi connectivity index (χ4v) is 3.33. The second-order valence-corrected chi connectivity index (χ2v) is 7.09. The summed E-state index contributed by atoms with van der Waals surface area (Å²) in [7, 11) is 0. The number of nitrogens with one attached hydrogen (secondary N) is 1. The molecule has 3 aromatic heterocycles. The number of carbonyl (C=O) groups is 2. The predicted octanol–water partition coefficient (Wildman–Crippen LogP) is 2.33. The number of rotatable bonds is 8. The Kier molecular flexibility index (Phi) is 6.19. The molecule has 9 heteroatoms. The Bertz CT molecular complexity index is 964. The van der Waals surface area contributed by atoms with Gasteiger partial charge in [-0.1, -0.05) is 6.07 Å². The Morgan fingerprint density at radius 1 is 1.27 bits per heavy atom. The summed E-state index contributed by atoms with van der Waals surface area (Å²) in [6.07, 6.45) is 8.25. The first-order valence-electron chi connectivity index (χ1n) is 9.84. The Balaban J connectivity index is 1.40. The van der Waals surface area contributed by atoms with Gasteiger partial charge in [0, 0.05) is 25.5 Å². The zero-order valence-electron chi connectivity index (χ0n) is 16.4. The van der Waals surface area contributed by atoms with Crippen LogP contribution in [-0.4, -0.2) is 50.7 Å². The van der Waals surface area contributed by atoms with Crippen LogP contribution in [0.2, 0.25) is 0 Å². The number of furan rings is 1. The first-order valence-corrected chi connectivity index (χ1v) is 9.84. The quantitative estimate of drug-likeness (QED) is 0.613. The van der Waals surface area contributed by atoms with E-state index in [9.17, 15) is 9.59 Å². The second-order valence-electron chi connectivity index (χ2n) is 7.09. The summed E-state index contributed by atoms with van der Waals surface area (Å²) in [5.74, 6) is -0.263. The lowest BCUT2D eigenvalue weighted by molar-refractivity contribution is -0.134. The molecule has 0 radical (unpaired) electrons. The third-order valence-corrected chi connectivity index (χ3v) is 4.81. The Morgan fingerprint density at radius 3 is 2.93 bits per heavy atom. The molecule has 30 heavy (non-hydrogen) atoms. The summed E-state index contributed by atoms with van der Waals surface area (Å²) in [5, 5.41) is 6.88. The van der Waals surface area contributed by atoms with E-state index in [1.807, 2.05) is 18.2 Å². The van der Waals surface area contributed by atoms with E-state index in [2.05, 4.69) is 15.4 Å². The van der Waals surface area contributed by atoms with E-state index in [-0.39, 0.29) is 30.2 Å². The molecule has 1 N–H and O–H groups in total. The Labute approximate surface area is 173 Å². The molecule has 1 atom stereocenters. The molecular formula is C21H23N5O4. The van der Waals surface area contributed by atoms with Gasteiger partial charge < -0.3 is 19.4 Å². The van der Waals surface area contributed by atoms with E-state index in [1.165, 1.54) is 17.1 Å². The molecule has 9 nitrogen and oxygen atoms in total. The summed E-state index contributed by atoms with van der Waals surface area (Å²) in [5.41, 5.74) is 1.30. The molecule has 0 aliphatic carbocycles. The highest BCUT2D eigenvalue weighted by Gasteiger charge is 2.23. The average Bonchev–Trinajstić information content (AvgIpc) is 3.52. The average molecular weight is 409 g/mol. The molecule has 4 heterocycles. The molecule has 0 spiro atoms. The molecule has 0 saturated carbocycles. The van der Waals surface area contributed by atoms with Crippen LogP contribution in [0, 0.1) is 0 Å². The van der Waals surface area contributed by atoms with Crippen LogP contribution in [-0.2, 0) is 22.6 Å². The SMILES string of the molecule is O=C(Nc1cnn(CC(=O)N(Cc2ccccn2)CC2CCCO2)c1)c1ccco1. The van der Waals surface area contributed by atoms with Crippen LogP contribution in [0.3, 0.4) is 0 Å². The smallest absolute Gasteiger partial charge is 0.291 e. The van der Waals surface area contributed by atoms with Gasteiger partial charge in [-0.25, -0.2) is 0 Å². The van der Waals surface area contributed by atoms with Crippen LogP contribution in [0.25, 0.3) is 0 Å². The van der Waals surface area contributed by atoms with Crippen molar-refractivity contribution in [1.82, 2.24) is 19.7 Å². The van der Waals surface area contributed by atoms with Gasteiger partial charge in [0.2, 0.25) is 5.91 Å². The van der Waals surface area contributed by atoms with Gasteiger partial charge in [-0.3, -0.25) is 19.3 Å². The van der Waals surface area contributed by atoms with E-state index in [0.29, 0.717) is 18.8 Å². The summed E-state index contributed by atoms with van der Waals surface area (Å²) in [4.78, 5) is 31.2. The third-order valence-electron chi connectivity index (χ3n) is 4.81. The number of nitrogens with zero attached hydrogens (tertiary/aromatic N) is 4. The number of hydrogen-bond donors (Lipinski definition) is 1. The maximum absolute atomic E-state index is 13.0. The maximum atomic E-state index is 13.0. The molecule has 3 aromatic rings. The van der Waals surface area contributed by atoms with Crippen LogP contribution in [0.5, 0.6) is 0 Å². The molecule has 2 amide bonds. The third kappa shape index (κ3) is 5.12. The Morgan fingerprint density at radius 2 is 2.20 bits per heavy atom. The number of amides is 2. The van der Waals surface area contributed by atoms with Gasteiger partial charge in [-0.2, -0.15) is 5.10 Å². The minimum Gasteiger partial charge on any atom is -0.459 e. The predicted molar refractivity (Wildman–Crippen MR) is 108 cm³/mol. The first kappa shape index (κ1) is 19.8. The minimum atomic E-state index is -0.374. The van der Waals surface area contributed by atoms with Gasteiger partial charge in [0.1, 0.15) is 6.54 Å². The fraction of sp³-hybridized carbons (Fsp3) is 0.333. The molecule has 1 fully saturated rings. The number of hydrogen-bond acceptors (Lipinski definition) is 6. The van der Waals surface area contributed by atoms with Crippen molar-refractivity contribution in [1.29, 1.82) is 0 Å². The van der Waals surface area contributed by atoms with E-state index in [0.717, 1.165) is 25.1 Å². The van der Waals surface area contributed by atoms with Crippen molar-refractivity contribution < 1.29 is 18.7 Å². The van der Waals surface area contributed by atoms with Crippen LogP contribution in [0.4, 0.5) is 5.69 Å². The summed E-state index contributed by atoms with van der Waals surface area (Å²) >= 11 is 0. The molecule has 0 bridgehead atoms. The van der Waals surface area contributed by atoms with E-state index < -0.39 is 0 Å². The van der Waals surface area contributed by atoms with Crippen molar-refractivity contribution in [3.05, 3.63) is 66.6 Å².